The SMILES string of the molecule is CC12CC3CC(C1)CC(c1nc(N)ns1)(C3)C2. The smallest absolute Gasteiger partial charge is 0.232 e. The fraction of sp³-hybridized carbons (Fsp3) is 0.846. The van der Waals surface area contributed by atoms with Gasteiger partial charge in [-0.25, -0.2) is 4.98 Å². The number of aromatic nitrogens is 2. The second-order valence-corrected chi connectivity index (χ2v) is 7.76. The van der Waals surface area contributed by atoms with Gasteiger partial charge in [0.05, 0.1) is 0 Å². The first kappa shape index (κ1) is 10.3. The zero-order chi connectivity index (χ0) is 11.7. The molecule has 4 heteroatoms. The van der Waals surface area contributed by atoms with Gasteiger partial charge < -0.3 is 5.73 Å². The van der Waals surface area contributed by atoms with Gasteiger partial charge in [0.1, 0.15) is 5.01 Å². The summed E-state index contributed by atoms with van der Waals surface area (Å²) in [6.07, 6.45) is 8.35. The standard InChI is InChI=1S/C13H19N3S/c1-12-3-8-2-9(4-12)6-13(5-8,7-12)10-15-11(14)16-17-10/h8-9H,2-7H2,1H3,(H2,14,16). The molecule has 0 radical (unpaired) electrons. The lowest BCUT2D eigenvalue weighted by Gasteiger charge is -2.60. The third-order valence-electron chi connectivity index (χ3n) is 5.25. The van der Waals surface area contributed by atoms with E-state index in [2.05, 4.69) is 16.3 Å². The number of hydrogen-bond acceptors (Lipinski definition) is 4. The Bertz CT molecular complexity index is 453. The highest BCUT2D eigenvalue weighted by atomic mass is 32.1. The molecule has 4 bridgehead atoms. The minimum Gasteiger partial charge on any atom is -0.367 e. The Morgan fingerprint density at radius 1 is 1.24 bits per heavy atom. The fourth-order valence-corrected chi connectivity index (χ4v) is 6.21. The van der Waals surface area contributed by atoms with Gasteiger partial charge in [0.2, 0.25) is 5.95 Å². The lowest BCUT2D eigenvalue weighted by molar-refractivity contribution is -0.0615. The van der Waals surface area contributed by atoms with Gasteiger partial charge in [0.25, 0.3) is 0 Å². The normalized spacial score (nSPS) is 47.6. The van der Waals surface area contributed by atoms with E-state index in [0.29, 0.717) is 16.8 Å². The lowest BCUT2D eigenvalue weighted by atomic mass is 9.45. The summed E-state index contributed by atoms with van der Waals surface area (Å²) >= 11 is 1.55. The highest BCUT2D eigenvalue weighted by Gasteiger charge is 2.57. The van der Waals surface area contributed by atoms with Gasteiger partial charge in [-0.2, -0.15) is 4.37 Å². The quantitative estimate of drug-likeness (QED) is 0.832. The van der Waals surface area contributed by atoms with Crippen LogP contribution in [-0.2, 0) is 5.41 Å². The minimum atomic E-state index is 0.341. The van der Waals surface area contributed by atoms with Gasteiger partial charge in [0, 0.05) is 5.41 Å². The van der Waals surface area contributed by atoms with Crippen LogP contribution in [-0.4, -0.2) is 9.36 Å². The number of hydrogen-bond donors (Lipinski definition) is 1. The molecule has 0 spiro atoms. The zero-order valence-electron chi connectivity index (χ0n) is 10.3. The third kappa shape index (κ3) is 1.39. The summed E-state index contributed by atoms with van der Waals surface area (Å²) in [5.74, 6) is 2.35. The topological polar surface area (TPSA) is 51.8 Å². The molecule has 4 saturated carbocycles. The first-order valence-corrected chi connectivity index (χ1v) is 7.44. The molecule has 92 valence electrons. The Kier molecular flexibility index (Phi) is 1.83. The van der Waals surface area contributed by atoms with E-state index in [9.17, 15) is 0 Å². The van der Waals surface area contributed by atoms with Crippen molar-refractivity contribution in [2.24, 2.45) is 17.3 Å². The van der Waals surface area contributed by atoms with E-state index in [1.165, 1.54) is 43.5 Å². The van der Waals surface area contributed by atoms with Crippen LogP contribution in [0.2, 0.25) is 0 Å². The van der Waals surface area contributed by atoms with E-state index in [1.54, 1.807) is 11.5 Å². The van der Waals surface area contributed by atoms with Crippen LogP contribution < -0.4 is 5.73 Å². The summed E-state index contributed by atoms with van der Waals surface area (Å²) in [6.45, 7) is 2.49. The third-order valence-corrected chi connectivity index (χ3v) is 6.22. The Morgan fingerprint density at radius 2 is 1.94 bits per heavy atom. The average Bonchev–Trinajstić information content (AvgIpc) is 2.61. The van der Waals surface area contributed by atoms with Crippen LogP contribution in [0.4, 0.5) is 5.95 Å². The molecule has 0 saturated heterocycles. The monoisotopic (exact) mass is 249 g/mol. The highest BCUT2D eigenvalue weighted by molar-refractivity contribution is 7.05. The number of nitrogens with two attached hydrogens (primary N) is 1. The fourth-order valence-electron chi connectivity index (χ4n) is 5.42. The van der Waals surface area contributed by atoms with Crippen molar-refractivity contribution >= 4 is 17.5 Å². The molecule has 1 aromatic rings. The van der Waals surface area contributed by atoms with E-state index in [0.717, 1.165) is 11.8 Å². The molecule has 0 aromatic carbocycles. The molecular formula is C13H19N3S. The molecule has 4 fully saturated rings. The molecular weight excluding hydrogens is 230 g/mol. The van der Waals surface area contributed by atoms with Crippen molar-refractivity contribution < 1.29 is 0 Å². The van der Waals surface area contributed by atoms with Gasteiger partial charge in [-0.15, -0.1) is 0 Å². The van der Waals surface area contributed by atoms with Crippen LogP contribution in [0, 0.1) is 17.3 Å². The lowest BCUT2D eigenvalue weighted by Crippen LogP contribution is -2.52. The van der Waals surface area contributed by atoms with Crippen LogP contribution in [0.15, 0.2) is 0 Å². The van der Waals surface area contributed by atoms with Gasteiger partial charge >= 0.3 is 0 Å². The first-order chi connectivity index (χ1) is 8.07. The van der Waals surface area contributed by atoms with E-state index < -0.39 is 0 Å². The number of nitrogens with zero attached hydrogens (tertiary/aromatic N) is 2. The van der Waals surface area contributed by atoms with Gasteiger partial charge in [-0.05, 0) is 67.3 Å². The molecule has 1 aromatic heterocycles. The Morgan fingerprint density at radius 3 is 2.47 bits per heavy atom. The molecule has 4 aliphatic carbocycles. The van der Waals surface area contributed by atoms with Crippen LogP contribution in [0.25, 0.3) is 0 Å². The van der Waals surface area contributed by atoms with E-state index in [4.69, 9.17) is 5.73 Å². The largest absolute Gasteiger partial charge is 0.367 e. The van der Waals surface area contributed by atoms with E-state index in [-0.39, 0.29) is 0 Å². The highest BCUT2D eigenvalue weighted by Crippen LogP contribution is 2.65. The average molecular weight is 249 g/mol. The molecule has 2 atom stereocenters. The second kappa shape index (κ2) is 3.02. The number of rotatable bonds is 1. The van der Waals surface area contributed by atoms with Crippen molar-refractivity contribution in [3.05, 3.63) is 5.01 Å². The molecule has 1 heterocycles. The number of anilines is 1. The van der Waals surface area contributed by atoms with E-state index in [1.807, 2.05) is 0 Å². The van der Waals surface area contributed by atoms with Gasteiger partial charge in [0.15, 0.2) is 0 Å². The molecule has 2 N–H and O–H groups in total. The van der Waals surface area contributed by atoms with Crippen LogP contribution >= 0.6 is 11.5 Å². The molecule has 2 unspecified atom stereocenters. The van der Waals surface area contributed by atoms with Crippen LogP contribution in [0.3, 0.4) is 0 Å². The summed E-state index contributed by atoms with van der Waals surface area (Å²) < 4.78 is 4.20. The Labute approximate surface area is 106 Å². The molecule has 17 heavy (non-hydrogen) atoms. The molecule has 0 aliphatic heterocycles. The first-order valence-electron chi connectivity index (χ1n) is 6.67. The maximum Gasteiger partial charge on any atom is 0.232 e. The van der Waals surface area contributed by atoms with Crippen molar-refractivity contribution in [3.8, 4) is 0 Å². The maximum absolute atomic E-state index is 5.72. The number of nitrogen functional groups attached to an aromatic ring is 1. The van der Waals surface area contributed by atoms with Crippen molar-refractivity contribution in [2.75, 3.05) is 5.73 Å². The predicted molar refractivity (Wildman–Crippen MR) is 68.8 cm³/mol. The van der Waals surface area contributed by atoms with Crippen LogP contribution in [0.5, 0.6) is 0 Å². The van der Waals surface area contributed by atoms with Gasteiger partial charge in [-0.1, -0.05) is 6.92 Å². The molecule has 0 amide bonds. The predicted octanol–water partition coefficient (Wildman–Crippen LogP) is 2.98. The summed E-state index contributed by atoms with van der Waals surface area (Å²) in [7, 11) is 0. The van der Waals surface area contributed by atoms with Crippen molar-refractivity contribution in [2.45, 2.75) is 50.9 Å². The maximum atomic E-state index is 5.72. The van der Waals surface area contributed by atoms with Crippen molar-refractivity contribution in [1.29, 1.82) is 0 Å². The molecule has 3 nitrogen and oxygen atoms in total. The molecule has 4 aliphatic rings. The second-order valence-electron chi connectivity index (χ2n) is 7.01. The minimum absolute atomic E-state index is 0.341. The summed E-state index contributed by atoms with van der Waals surface area (Å²) in [6, 6.07) is 0. The zero-order valence-corrected chi connectivity index (χ0v) is 11.1. The van der Waals surface area contributed by atoms with Crippen molar-refractivity contribution in [3.63, 3.8) is 0 Å². The summed E-state index contributed by atoms with van der Waals surface area (Å²) in [5, 5.41) is 1.23. The summed E-state index contributed by atoms with van der Waals surface area (Å²) in [5.41, 5.74) is 6.63. The van der Waals surface area contributed by atoms with Crippen molar-refractivity contribution in [1.82, 2.24) is 9.36 Å². The molecule has 5 rings (SSSR count). The Hall–Kier alpha value is -0.640. The Balaban J connectivity index is 1.79. The summed E-state index contributed by atoms with van der Waals surface area (Å²) in [4.78, 5) is 4.52. The van der Waals surface area contributed by atoms with Crippen LogP contribution in [0.1, 0.15) is 50.5 Å². The van der Waals surface area contributed by atoms with Gasteiger partial charge in [-0.3, -0.25) is 0 Å². The van der Waals surface area contributed by atoms with E-state index >= 15 is 0 Å².